The predicted molar refractivity (Wildman–Crippen MR) is 130 cm³/mol. The Morgan fingerprint density at radius 3 is 2.56 bits per heavy atom. The van der Waals surface area contributed by atoms with Gasteiger partial charge in [0.25, 0.3) is 5.91 Å². The van der Waals surface area contributed by atoms with Crippen LogP contribution < -0.4 is 10.6 Å². The zero-order chi connectivity index (χ0) is 24.5. The average Bonchev–Trinajstić information content (AvgIpc) is 3.22. The van der Waals surface area contributed by atoms with E-state index in [2.05, 4.69) is 32.1 Å². The zero-order valence-electron chi connectivity index (χ0n) is 18.9. The molecule has 0 aliphatic carbocycles. The summed E-state index contributed by atoms with van der Waals surface area (Å²) >= 11 is 1.22. The lowest BCUT2D eigenvalue weighted by atomic mass is 10.1. The van der Waals surface area contributed by atoms with Gasteiger partial charge in [-0.15, -0.1) is 16.8 Å². The van der Waals surface area contributed by atoms with Crippen molar-refractivity contribution in [3.63, 3.8) is 0 Å². The largest absolute Gasteiger partial charge is 0.465 e. The van der Waals surface area contributed by atoms with Crippen LogP contribution in [0.4, 0.5) is 5.69 Å². The third-order valence-electron chi connectivity index (χ3n) is 4.71. The van der Waals surface area contributed by atoms with Crippen LogP contribution in [-0.4, -0.2) is 45.4 Å². The van der Waals surface area contributed by atoms with E-state index < -0.39 is 5.97 Å². The first-order valence-electron chi connectivity index (χ1n) is 10.4. The minimum absolute atomic E-state index is 0.101. The lowest BCUT2D eigenvalue weighted by molar-refractivity contribution is -0.113. The summed E-state index contributed by atoms with van der Waals surface area (Å²) in [6, 6.07) is 13.7. The topological polar surface area (TPSA) is 115 Å². The lowest BCUT2D eigenvalue weighted by Gasteiger charge is -2.09. The average molecular weight is 480 g/mol. The molecule has 3 rings (SSSR count). The summed E-state index contributed by atoms with van der Waals surface area (Å²) in [7, 11) is 1.31. The number of methoxy groups -OCH3 is 1. The van der Waals surface area contributed by atoms with Crippen LogP contribution in [0, 0.1) is 6.92 Å². The minimum Gasteiger partial charge on any atom is -0.465 e. The monoisotopic (exact) mass is 479 g/mol. The van der Waals surface area contributed by atoms with E-state index in [0.717, 1.165) is 5.56 Å². The summed E-state index contributed by atoms with van der Waals surface area (Å²) in [4.78, 5) is 36.3. The van der Waals surface area contributed by atoms with Gasteiger partial charge in [-0.2, -0.15) is 0 Å². The van der Waals surface area contributed by atoms with Gasteiger partial charge in [0, 0.05) is 17.8 Å². The van der Waals surface area contributed by atoms with E-state index in [1.165, 1.54) is 18.9 Å². The third-order valence-corrected chi connectivity index (χ3v) is 5.68. The second kappa shape index (κ2) is 11.8. The maximum absolute atomic E-state index is 12.4. The molecule has 2 aromatic carbocycles. The summed E-state index contributed by atoms with van der Waals surface area (Å²) in [6.07, 6.45) is 1.70. The van der Waals surface area contributed by atoms with Crippen LogP contribution in [-0.2, 0) is 22.6 Å². The first-order chi connectivity index (χ1) is 16.4. The number of ether oxygens (including phenoxy) is 1. The van der Waals surface area contributed by atoms with E-state index in [0.29, 0.717) is 34.3 Å². The first-order valence-corrected chi connectivity index (χ1v) is 11.4. The van der Waals surface area contributed by atoms with Crippen molar-refractivity contribution < 1.29 is 19.1 Å². The maximum atomic E-state index is 12.4. The van der Waals surface area contributed by atoms with Crippen LogP contribution in [0.2, 0.25) is 0 Å². The molecule has 0 saturated carbocycles. The summed E-state index contributed by atoms with van der Waals surface area (Å²) < 4.78 is 6.46. The highest BCUT2D eigenvalue weighted by Crippen LogP contribution is 2.18. The van der Waals surface area contributed by atoms with E-state index in [4.69, 9.17) is 0 Å². The van der Waals surface area contributed by atoms with Crippen LogP contribution >= 0.6 is 11.8 Å². The number of aromatic nitrogens is 3. The number of hydrogen-bond acceptors (Lipinski definition) is 7. The Morgan fingerprint density at radius 2 is 1.88 bits per heavy atom. The van der Waals surface area contributed by atoms with Gasteiger partial charge >= 0.3 is 5.97 Å². The molecule has 0 unspecified atom stereocenters. The highest BCUT2D eigenvalue weighted by Gasteiger charge is 2.15. The molecule has 9 nitrogen and oxygen atoms in total. The fourth-order valence-electron chi connectivity index (χ4n) is 3.05. The SMILES string of the molecule is C=CCn1c(CNC(=O)c2cccc(C)c2)nnc1SCC(=O)Nc1ccc(C(=O)OC)cc1. The Kier molecular flexibility index (Phi) is 8.58. The number of anilines is 1. The number of hydrogen-bond donors (Lipinski definition) is 2. The van der Waals surface area contributed by atoms with Crippen molar-refractivity contribution in [2.24, 2.45) is 0 Å². The fourth-order valence-corrected chi connectivity index (χ4v) is 3.82. The van der Waals surface area contributed by atoms with Gasteiger partial charge in [0.15, 0.2) is 11.0 Å². The van der Waals surface area contributed by atoms with Gasteiger partial charge in [-0.25, -0.2) is 4.79 Å². The molecule has 34 heavy (non-hydrogen) atoms. The summed E-state index contributed by atoms with van der Waals surface area (Å²) in [6.45, 7) is 6.31. The van der Waals surface area contributed by atoms with Crippen LogP contribution in [0.1, 0.15) is 32.1 Å². The molecule has 0 spiro atoms. The van der Waals surface area contributed by atoms with Gasteiger partial charge in [0.05, 0.1) is 25.0 Å². The molecule has 0 bridgehead atoms. The van der Waals surface area contributed by atoms with Crippen molar-refractivity contribution in [1.29, 1.82) is 0 Å². The van der Waals surface area contributed by atoms with Crippen LogP contribution in [0.25, 0.3) is 0 Å². The number of allylic oxidation sites excluding steroid dienone is 1. The van der Waals surface area contributed by atoms with Crippen LogP contribution in [0.5, 0.6) is 0 Å². The number of benzene rings is 2. The number of amides is 2. The number of nitrogens with one attached hydrogen (secondary N) is 2. The highest BCUT2D eigenvalue weighted by molar-refractivity contribution is 7.99. The molecule has 3 aromatic rings. The van der Waals surface area contributed by atoms with E-state index in [1.54, 1.807) is 41.0 Å². The summed E-state index contributed by atoms with van der Waals surface area (Å²) in [5, 5.41) is 14.5. The molecule has 1 heterocycles. The molecule has 176 valence electrons. The molecule has 0 saturated heterocycles. The zero-order valence-corrected chi connectivity index (χ0v) is 19.7. The van der Waals surface area contributed by atoms with Crippen molar-refractivity contribution in [3.8, 4) is 0 Å². The number of nitrogens with zero attached hydrogens (tertiary/aromatic N) is 3. The molecule has 2 amide bonds. The molecular formula is C24H25N5O4S. The maximum Gasteiger partial charge on any atom is 0.337 e. The molecule has 0 fully saturated rings. The van der Waals surface area contributed by atoms with Crippen LogP contribution in [0.15, 0.2) is 66.3 Å². The summed E-state index contributed by atoms with van der Waals surface area (Å²) in [5.41, 5.74) is 2.53. The second-order valence-electron chi connectivity index (χ2n) is 7.26. The molecule has 0 radical (unpaired) electrons. The first kappa shape index (κ1) is 24.7. The van der Waals surface area contributed by atoms with E-state index in [-0.39, 0.29) is 24.1 Å². The Bertz CT molecular complexity index is 1190. The molecule has 1 aromatic heterocycles. The number of rotatable bonds is 10. The quantitative estimate of drug-likeness (QED) is 0.261. The number of aryl methyl sites for hydroxylation is 1. The standard InChI is InChI=1S/C24H25N5O4S/c1-4-12-29-20(14-25-22(31)18-7-5-6-16(2)13-18)27-28-24(29)34-15-21(30)26-19-10-8-17(9-11-19)23(32)33-3/h4-11,13H,1,12,14-15H2,2-3H3,(H,25,31)(H,26,30). The van der Waals surface area contributed by atoms with Gasteiger partial charge in [0.1, 0.15) is 0 Å². The molecule has 0 atom stereocenters. The smallest absolute Gasteiger partial charge is 0.337 e. The van der Waals surface area contributed by atoms with E-state index in [1.807, 2.05) is 25.1 Å². The molecule has 10 heteroatoms. The lowest BCUT2D eigenvalue weighted by Crippen LogP contribution is -2.25. The number of carbonyl (C=O) groups is 3. The molecule has 2 N–H and O–H groups in total. The van der Waals surface area contributed by atoms with Crippen LogP contribution in [0.3, 0.4) is 0 Å². The molecule has 0 aliphatic heterocycles. The van der Waals surface area contributed by atoms with Crippen molar-refractivity contribution >= 4 is 35.2 Å². The second-order valence-corrected chi connectivity index (χ2v) is 8.20. The summed E-state index contributed by atoms with van der Waals surface area (Å²) in [5.74, 6) is -0.228. The van der Waals surface area contributed by atoms with Gasteiger partial charge in [-0.1, -0.05) is 35.5 Å². The van der Waals surface area contributed by atoms with Gasteiger partial charge in [0.2, 0.25) is 5.91 Å². The van der Waals surface area contributed by atoms with Crippen molar-refractivity contribution in [2.45, 2.75) is 25.2 Å². The predicted octanol–water partition coefficient (Wildman–Crippen LogP) is 3.22. The Balaban J connectivity index is 1.58. The number of carbonyl (C=O) groups excluding carboxylic acids is 3. The Morgan fingerprint density at radius 1 is 1.12 bits per heavy atom. The van der Waals surface area contributed by atoms with Crippen molar-refractivity contribution in [1.82, 2.24) is 20.1 Å². The molecule has 0 aliphatic rings. The number of thioether (sulfide) groups is 1. The fraction of sp³-hybridized carbons (Fsp3) is 0.208. The van der Waals surface area contributed by atoms with E-state index in [9.17, 15) is 14.4 Å². The highest BCUT2D eigenvalue weighted by atomic mass is 32.2. The Hall–Kier alpha value is -3.92. The molecular weight excluding hydrogens is 454 g/mol. The van der Waals surface area contributed by atoms with Gasteiger partial charge in [-0.05, 0) is 43.3 Å². The van der Waals surface area contributed by atoms with E-state index >= 15 is 0 Å². The Labute approximate surface area is 201 Å². The van der Waals surface area contributed by atoms with Gasteiger partial charge in [-0.3, -0.25) is 9.59 Å². The van der Waals surface area contributed by atoms with Crippen molar-refractivity contribution in [2.75, 3.05) is 18.2 Å². The van der Waals surface area contributed by atoms with Gasteiger partial charge < -0.3 is 19.9 Å². The number of esters is 1. The third kappa shape index (κ3) is 6.55. The van der Waals surface area contributed by atoms with Crippen molar-refractivity contribution in [3.05, 3.63) is 83.7 Å². The minimum atomic E-state index is -0.444. The normalized spacial score (nSPS) is 10.4.